The van der Waals surface area contributed by atoms with Gasteiger partial charge in [-0.3, -0.25) is 0 Å². The number of primary sulfonamides is 1. The Balaban J connectivity index is 2.74. The van der Waals surface area contributed by atoms with Crippen molar-refractivity contribution < 1.29 is 8.42 Å². The van der Waals surface area contributed by atoms with Gasteiger partial charge in [0.15, 0.2) is 0 Å². The van der Waals surface area contributed by atoms with Gasteiger partial charge >= 0.3 is 0 Å². The molecule has 8 heteroatoms. The van der Waals surface area contributed by atoms with E-state index in [1.807, 2.05) is 13.8 Å². The Morgan fingerprint density at radius 3 is 2.42 bits per heavy atom. The summed E-state index contributed by atoms with van der Waals surface area (Å²) >= 11 is 3.41. The lowest BCUT2D eigenvalue weighted by atomic mass is 10.2. The van der Waals surface area contributed by atoms with Gasteiger partial charge in [-0.1, -0.05) is 6.07 Å². The van der Waals surface area contributed by atoms with Crippen molar-refractivity contribution >= 4 is 31.6 Å². The van der Waals surface area contributed by atoms with Gasteiger partial charge < -0.3 is 5.73 Å². The molecular formula is C11H13BrN4O2S. The second-order valence-corrected chi connectivity index (χ2v) is 6.45. The summed E-state index contributed by atoms with van der Waals surface area (Å²) in [6, 6.07) is 4.64. The lowest BCUT2D eigenvalue weighted by Crippen LogP contribution is -2.16. The molecule has 0 fully saturated rings. The maximum absolute atomic E-state index is 11.5. The monoisotopic (exact) mass is 344 g/mol. The van der Waals surface area contributed by atoms with E-state index in [0.29, 0.717) is 5.69 Å². The predicted octanol–water partition coefficient (Wildman–Crippen LogP) is 1.48. The van der Waals surface area contributed by atoms with Crippen LogP contribution in [0.2, 0.25) is 0 Å². The summed E-state index contributed by atoms with van der Waals surface area (Å²) in [5.41, 5.74) is 8.08. The Hall–Kier alpha value is -1.38. The molecule has 0 unspecified atom stereocenters. The number of aryl methyl sites for hydroxylation is 1. The number of hydrogen-bond acceptors (Lipinski definition) is 4. The molecule has 0 saturated carbocycles. The minimum atomic E-state index is -3.86. The van der Waals surface area contributed by atoms with Gasteiger partial charge in [0.2, 0.25) is 10.0 Å². The molecule has 1 aromatic heterocycles. The van der Waals surface area contributed by atoms with Gasteiger partial charge in [0.05, 0.1) is 27.2 Å². The normalized spacial score (nSPS) is 11.8. The topological polar surface area (TPSA) is 104 Å². The van der Waals surface area contributed by atoms with Crippen LogP contribution in [-0.4, -0.2) is 18.2 Å². The van der Waals surface area contributed by atoms with E-state index in [1.54, 1.807) is 16.8 Å². The molecule has 102 valence electrons. The third-order valence-electron chi connectivity index (χ3n) is 2.78. The molecule has 1 heterocycles. The maximum Gasteiger partial charge on any atom is 0.240 e. The van der Waals surface area contributed by atoms with Crippen LogP contribution in [0.4, 0.5) is 5.69 Å². The van der Waals surface area contributed by atoms with Crippen LogP contribution in [0.1, 0.15) is 11.4 Å². The molecule has 4 N–H and O–H groups in total. The van der Waals surface area contributed by atoms with Gasteiger partial charge in [0.25, 0.3) is 0 Å². The molecule has 2 aromatic rings. The Kier molecular flexibility index (Phi) is 3.41. The average molecular weight is 345 g/mol. The van der Waals surface area contributed by atoms with E-state index in [0.717, 1.165) is 15.9 Å². The third kappa shape index (κ3) is 2.38. The summed E-state index contributed by atoms with van der Waals surface area (Å²) in [7, 11) is -3.86. The number of nitrogens with zero attached hydrogens (tertiary/aromatic N) is 2. The van der Waals surface area contributed by atoms with E-state index in [4.69, 9.17) is 10.9 Å². The van der Waals surface area contributed by atoms with Crippen LogP contribution >= 0.6 is 15.9 Å². The van der Waals surface area contributed by atoms with Crippen LogP contribution < -0.4 is 10.9 Å². The van der Waals surface area contributed by atoms with Crippen molar-refractivity contribution in [2.45, 2.75) is 18.7 Å². The summed E-state index contributed by atoms with van der Waals surface area (Å²) < 4.78 is 25.3. The summed E-state index contributed by atoms with van der Waals surface area (Å²) in [5, 5.41) is 9.45. The number of nitrogen functional groups attached to an aromatic ring is 1. The Morgan fingerprint density at radius 1 is 1.32 bits per heavy atom. The number of benzene rings is 1. The fraction of sp³-hybridized carbons (Fsp3) is 0.182. The molecule has 0 radical (unpaired) electrons. The lowest BCUT2D eigenvalue weighted by Gasteiger charge is -2.11. The van der Waals surface area contributed by atoms with Gasteiger partial charge in [-0.05, 0) is 41.9 Å². The zero-order chi connectivity index (χ0) is 14.4. The zero-order valence-corrected chi connectivity index (χ0v) is 12.8. The Bertz CT molecular complexity index is 752. The number of hydrogen-bond donors (Lipinski definition) is 2. The number of rotatable bonds is 2. The van der Waals surface area contributed by atoms with Crippen molar-refractivity contribution in [1.82, 2.24) is 9.78 Å². The zero-order valence-electron chi connectivity index (χ0n) is 10.4. The Labute approximate surface area is 119 Å². The van der Waals surface area contributed by atoms with Crippen LogP contribution in [-0.2, 0) is 10.0 Å². The van der Waals surface area contributed by atoms with Gasteiger partial charge in [-0.25, -0.2) is 18.2 Å². The van der Waals surface area contributed by atoms with Crippen molar-refractivity contribution in [3.8, 4) is 5.69 Å². The lowest BCUT2D eigenvalue weighted by molar-refractivity contribution is 0.598. The van der Waals surface area contributed by atoms with Gasteiger partial charge in [-0.15, -0.1) is 0 Å². The molecule has 0 saturated heterocycles. The molecule has 0 bridgehead atoms. The molecule has 0 atom stereocenters. The van der Waals surface area contributed by atoms with Crippen molar-refractivity contribution in [2.24, 2.45) is 5.14 Å². The number of sulfonamides is 1. The number of anilines is 1. The van der Waals surface area contributed by atoms with Crippen molar-refractivity contribution in [3.05, 3.63) is 34.1 Å². The van der Waals surface area contributed by atoms with Crippen molar-refractivity contribution in [3.63, 3.8) is 0 Å². The summed E-state index contributed by atoms with van der Waals surface area (Å²) in [6.07, 6.45) is 0. The minimum absolute atomic E-state index is 0.0862. The molecule has 2 rings (SSSR count). The molecule has 0 spiro atoms. The number of para-hydroxylation sites is 1. The highest BCUT2D eigenvalue weighted by atomic mass is 79.9. The van der Waals surface area contributed by atoms with Crippen molar-refractivity contribution in [2.75, 3.05) is 5.73 Å². The highest BCUT2D eigenvalue weighted by molar-refractivity contribution is 9.10. The fourth-order valence-electron chi connectivity index (χ4n) is 1.82. The number of aromatic nitrogens is 2. The van der Waals surface area contributed by atoms with Crippen LogP contribution in [0.3, 0.4) is 0 Å². The maximum atomic E-state index is 11.5. The van der Waals surface area contributed by atoms with Crippen LogP contribution in [0, 0.1) is 13.8 Å². The quantitative estimate of drug-likeness (QED) is 0.805. The van der Waals surface area contributed by atoms with E-state index in [2.05, 4.69) is 21.0 Å². The highest BCUT2D eigenvalue weighted by Gasteiger charge is 2.18. The summed E-state index contributed by atoms with van der Waals surface area (Å²) in [5.74, 6) is 0. The smallest absolute Gasteiger partial charge is 0.240 e. The third-order valence-corrected chi connectivity index (χ3v) is 4.90. The van der Waals surface area contributed by atoms with Crippen molar-refractivity contribution in [1.29, 1.82) is 0 Å². The van der Waals surface area contributed by atoms with Gasteiger partial charge in [0.1, 0.15) is 4.90 Å². The van der Waals surface area contributed by atoms with Crippen LogP contribution in [0.25, 0.3) is 5.69 Å². The molecule has 1 aromatic carbocycles. The first-order valence-corrected chi connectivity index (χ1v) is 7.70. The first-order valence-electron chi connectivity index (χ1n) is 5.37. The molecule has 0 aliphatic rings. The second kappa shape index (κ2) is 4.62. The largest absolute Gasteiger partial charge is 0.396 e. The second-order valence-electron chi connectivity index (χ2n) is 4.13. The SMILES string of the molecule is Cc1nn(-c2cccc(S(N)(=O)=O)c2N)c(C)c1Br. The van der Waals surface area contributed by atoms with Crippen LogP contribution in [0.5, 0.6) is 0 Å². The molecular weight excluding hydrogens is 332 g/mol. The van der Waals surface area contributed by atoms with E-state index >= 15 is 0 Å². The molecule has 0 aliphatic heterocycles. The molecule has 19 heavy (non-hydrogen) atoms. The van der Waals surface area contributed by atoms with E-state index < -0.39 is 10.0 Å². The standard InChI is InChI=1S/C11H13BrN4O2S/c1-6-10(12)7(2)16(15-6)8-4-3-5-9(11(8)13)19(14,17)18/h3-5H,13H2,1-2H3,(H2,14,17,18). The van der Waals surface area contributed by atoms with E-state index in [1.165, 1.54) is 6.07 Å². The molecule has 0 aliphatic carbocycles. The molecule has 0 amide bonds. The Morgan fingerprint density at radius 2 is 1.95 bits per heavy atom. The first kappa shape index (κ1) is 14.0. The first-order chi connectivity index (χ1) is 8.73. The van der Waals surface area contributed by atoms with E-state index in [9.17, 15) is 8.42 Å². The number of nitrogens with two attached hydrogens (primary N) is 2. The van der Waals surface area contributed by atoms with E-state index in [-0.39, 0.29) is 10.6 Å². The fourth-order valence-corrected chi connectivity index (χ4v) is 2.75. The predicted molar refractivity (Wildman–Crippen MR) is 76.5 cm³/mol. The van der Waals surface area contributed by atoms with Gasteiger partial charge in [0, 0.05) is 0 Å². The summed E-state index contributed by atoms with van der Waals surface area (Å²) in [6.45, 7) is 3.69. The van der Waals surface area contributed by atoms with Gasteiger partial charge in [-0.2, -0.15) is 5.10 Å². The average Bonchev–Trinajstić information content (AvgIpc) is 2.56. The van der Waals surface area contributed by atoms with Crippen LogP contribution in [0.15, 0.2) is 27.6 Å². The number of halogens is 1. The molecule has 6 nitrogen and oxygen atoms in total. The summed E-state index contributed by atoms with van der Waals surface area (Å²) in [4.78, 5) is -0.103. The minimum Gasteiger partial charge on any atom is -0.396 e. The highest BCUT2D eigenvalue weighted by Crippen LogP contribution is 2.28.